The first kappa shape index (κ1) is 20.5. The number of aromatic nitrogens is 2. The van der Waals surface area contributed by atoms with Crippen LogP contribution in [0, 0.1) is 5.41 Å². The van der Waals surface area contributed by atoms with E-state index in [0.717, 1.165) is 16.6 Å². The van der Waals surface area contributed by atoms with Gasteiger partial charge in [-0.25, -0.2) is 4.98 Å². The van der Waals surface area contributed by atoms with Gasteiger partial charge in [0.05, 0.1) is 12.0 Å². The van der Waals surface area contributed by atoms with E-state index in [0.29, 0.717) is 5.69 Å². The number of benzene rings is 1. The maximum atomic E-state index is 13.4. The van der Waals surface area contributed by atoms with E-state index in [1.165, 1.54) is 18.1 Å². The first-order chi connectivity index (χ1) is 12.0. The standard InChI is InChI=1S/C20H28F3N3/c1-14(2)24-11-18(20(21,22)23)26-12-17(25-13-26)16-8-6-15(7-9-16)10-19(3,4)5/h6-9,12-14,18,24H,10-11H2,1-5H3/t18-/m1/s1. The third kappa shape index (κ3) is 5.87. The van der Waals surface area contributed by atoms with E-state index in [4.69, 9.17) is 0 Å². The molecule has 0 aliphatic rings. The zero-order chi connectivity index (χ0) is 19.5. The summed E-state index contributed by atoms with van der Waals surface area (Å²) in [5.74, 6) is 0. The Bertz CT molecular complexity index is 694. The van der Waals surface area contributed by atoms with E-state index in [-0.39, 0.29) is 18.0 Å². The molecule has 0 spiro atoms. The number of halogens is 3. The van der Waals surface area contributed by atoms with Crippen LogP contribution in [0.4, 0.5) is 13.2 Å². The molecule has 26 heavy (non-hydrogen) atoms. The van der Waals surface area contributed by atoms with Crippen LogP contribution in [0.25, 0.3) is 11.3 Å². The van der Waals surface area contributed by atoms with Gasteiger partial charge < -0.3 is 9.88 Å². The molecule has 2 aromatic rings. The lowest BCUT2D eigenvalue weighted by Gasteiger charge is -2.23. The van der Waals surface area contributed by atoms with Gasteiger partial charge in [0.15, 0.2) is 0 Å². The molecule has 0 saturated carbocycles. The topological polar surface area (TPSA) is 29.9 Å². The average molecular weight is 367 g/mol. The zero-order valence-electron chi connectivity index (χ0n) is 16.1. The quantitative estimate of drug-likeness (QED) is 0.757. The Morgan fingerprint density at radius 3 is 2.19 bits per heavy atom. The summed E-state index contributed by atoms with van der Waals surface area (Å²) in [7, 11) is 0. The number of hydrogen-bond donors (Lipinski definition) is 1. The van der Waals surface area contributed by atoms with Crippen molar-refractivity contribution in [1.29, 1.82) is 0 Å². The van der Waals surface area contributed by atoms with E-state index >= 15 is 0 Å². The average Bonchev–Trinajstić information content (AvgIpc) is 2.94. The highest BCUT2D eigenvalue weighted by molar-refractivity contribution is 5.58. The van der Waals surface area contributed by atoms with Crippen LogP contribution < -0.4 is 5.32 Å². The number of hydrogen-bond acceptors (Lipinski definition) is 2. The van der Waals surface area contributed by atoms with E-state index in [9.17, 15) is 13.2 Å². The number of rotatable bonds is 6. The van der Waals surface area contributed by atoms with Crippen molar-refractivity contribution in [3.8, 4) is 11.3 Å². The number of nitrogens with one attached hydrogen (secondary N) is 1. The Morgan fingerprint density at radius 1 is 1.08 bits per heavy atom. The predicted octanol–water partition coefficient (Wildman–Crippen LogP) is 5.24. The van der Waals surface area contributed by atoms with Gasteiger partial charge in [0.1, 0.15) is 6.04 Å². The Morgan fingerprint density at radius 2 is 1.69 bits per heavy atom. The largest absolute Gasteiger partial charge is 0.410 e. The highest BCUT2D eigenvalue weighted by atomic mass is 19.4. The molecule has 1 N–H and O–H groups in total. The third-order valence-corrected chi connectivity index (χ3v) is 4.04. The van der Waals surface area contributed by atoms with Crippen LogP contribution in [-0.4, -0.2) is 28.3 Å². The molecule has 3 nitrogen and oxygen atoms in total. The molecule has 0 fully saturated rings. The monoisotopic (exact) mass is 367 g/mol. The van der Waals surface area contributed by atoms with Gasteiger partial charge in [0.2, 0.25) is 0 Å². The summed E-state index contributed by atoms with van der Waals surface area (Å²) in [6.45, 7) is 9.99. The van der Waals surface area contributed by atoms with Crippen molar-refractivity contribution in [2.45, 2.75) is 59.3 Å². The van der Waals surface area contributed by atoms with E-state index in [2.05, 4.69) is 31.1 Å². The van der Waals surface area contributed by atoms with Crippen LogP contribution in [0.15, 0.2) is 36.8 Å². The minimum absolute atomic E-state index is 0.0156. The first-order valence-corrected chi connectivity index (χ1v) is 8.88. The molecule has 1 heterocycles. The summed E-state index contributed by atoms with van der Waals surface area (Å²) in [5, 5.41) is 2.86. The normalized spacial score (nSPS) is 14.0. The molecule has 1 atom stereocenters. The van der Waals surface area contributed by atoms with Gasteiger partial charge in [-0.1, -0.05) is 58.9 Å². The minimum atomic E-state index is -4.34. The third-order valence-electron chi connectivity index (χ3n) is 4.04. The molecule has 1 aromatic carbocycles. The molecule has 0 unspecified atom stereocenters. The van der Waals surface area contributed by atoms with Crippen molar-refractivity contribution in [1.82, 2.24) is 14.9 Å². The molecule has 2 rings (SSSR count). The van der Waals surface area contributed by atoms with Crippen LogP contribution in [0.2, 0.25) is 0 Å². The molecular weight excluding hydrogens is 339 g/mol. The number of imidazole rings is 1. The predicted molar refractivity (Wildman–Crippen MR) is 99.1 cm³/mol. The van der Waals surface area contributed by atoms with E-state index in [1.807, 2.05) is 38.1 Å². The molecule has 0 bridgehead atoms. The molecule has 144 valence electrons. The van der Waals surface area contributed by atoms with Crippen LogP contribution in [0.1, 0.15) is 46.2 Å². The number of nitrogens with zero attached hydrogens (tertiary/aromatic N) is 2. The van der Waals surface area contributed by atoms with Crippen LogP contribution >= 0.6 is 0 Å². The van der Waals surface area contributed by atoms with Crippen molar-refractivity contribution in [2.75, 3.05) is 6.54 Å². The second-order valence-electron chi connectivity index (χ2n) is 8.26. The minimum Gasteiger partial charge on any atom is -0.323 e. The van der Waals surface area contributed by atoms with Gasteiger partial charge in [0, 0.05) is 24.3 Å². The van der Waals surface area contributed by atoms with Crippen molar-refractivity contribution in [3.05, 3.63) is 42.4 Å². The van der Waals surface area contributed by atoms with Gasteiger partial charge in [0.25, 0.3) is 0 Å². The van der Waals surface area contributed by atoms with Gasteiger partial charge >= 0.3 is 6.18 Å². The lowest BCUT2D eigenvalue weighted by molar-refractivity contribution is -0.166. The fourth-order valence-corrected chi connectivity index (χ4v) is 2.80. The van der Waals surface area contributed by atoms with Crippen molar-refractivity contribution in [2.24, 2.45) is 5.41 Å². The first-order valence-electron chi connectivity index (χ1n) is 8.88. The Balaban J connectivity index is 2.19. The lowest BCUT2D eigenvalue weighted by Crippen LogP contribution is -2.37. The highest BCUT2D eigenvalue weighted by Crippen LogP contribution is 2.31. The SMILES string of the molecule is CC(C)NC[C@@H](n1cnc(-c2ccc(CC(C)(C)C)cc2)c1)C(F)(F)F. The van der Waals surface area contributed by atoms with Gasteiger partial charge in [-0.3, -0.25) is 0 Å². The summed E-state index contributed by atoms with van der Waals surface area (Å²) in [6, 6.07) is 6.22. The number of alkyl halides is 3. The Kier molecular flexibility index (Phi) is 6.17. The molecule has 0 aliphatic carbocycles. The van der Waals surface area contributed by atoms with Crippen LogP contribution in [0.3, 0.4) is 0 Å². The van der Waals surface area contributed by atoms with Crippen molar-refractivity contribution >= 4 is 0 Å². The second kappa shape index (κ2) is 7.82. The van der Waals surface area contributed by atoms with E-state index < -0.39 is 12.2 Å². The van der Waals surface area contributed by atoms with Crippen molar-refractivity contribution < 1.29 is 13.2 Å². The molecule has 0 saturated heterocycles. The van der Waals surface area contributed by atoms with Crippen LogP contribution in [-0.2, 0) is 6.42 Å². The van der Waals surface area contributed by atoms with Gasteiger partial charge in [-0.15, -0.1) is 0 Å². The smallest absolute Gasteiger partial charge is 0.323 e. The fraction of sp³-hybridized carbons (Fsp3) is 0.550. The summed E-state index contributed by atoms with van der Waals surface area (Å²) in [6.07, 6.45) is -0.660. The zero-order valence-corrected chi connectivity index (χ0v) is 16.1. The molecule has 6 heteroatoms. The molecule has 0 amide bonds. The maximum absolute atomic E-state index is 13.4. The lowest BCUT2D eigenvalue weighted by atomic mass is 9.88. The van der Waals surface area contributed by atoms with Crippen molar-refractivity contribution in [3.63, 3.8) is 0 Å². The molecule has 0 radical (unpaired) electrons. The Labute approximate surface area is 153 Å². The second-order valence-corrected chi connectivity index (χ2v) is 8.26. The summed E-state index contributed by atoms with van der Waals surface area (Å²) in [5.41, 5.74) is 2.76. The molecule has 1 aromatic heterocycles. The van der Waals surface area contributed by atoms with Crippen LogP contribution in [0.5, 0.6) is 0 Å². The van der Waals surface area contributed by atoms with Gasteiger partial charge in [-0.2, -0.15) is 13.2 Å². The molecule has 0 aliphatic heterocycles. The molecular formula is C20H28F3N3. The summed E-state index contributed by atoms with van der Waals surface area (Å²) >= 11 is 0. The fourth-order valence-electron chi connectivity index (χ4n) is 2.80. The van der Waals surface area contributed by atoms with E-state index in [1.54, 1.807) is 0 Å². The summed E-state index contributed by atoms with van der Waals surface area (Å²) in [4.78, 5) is 4.19. The Hall–Kier alpha value is -1.82. The highest BCUT2D eigenvalue weighted by Gasteiger charge is 2.40. The van der Waals surface area contributed by atoms with Gasteiger partial charge in [-0.05, 0) is 17.4 Å². The summed E-state index contributed by atoms with van der Waals surface area (Å²) < 4.78 is 41.3. The maximum Gasteiger partial charge on any atom is 0.410 e.